The van der Waals surface area contributed by atoms with Gasteiger partial charge in [-0.25, -0.2) is 9.97 Å². The van der Waals surface area contributed by atoms with Crippen molar-refractivity contribution in [1.29, 1.82) is 0 Å². The van der Waals surface area contributed by atoms with E-state index in [9.17, 15) is 4.79 Å². The summed E-state index contributed by atoms with van der Waals surface area (Å²) < 4.78 is 6.13. The maximum atomic E-state index is 12.6. The minimum Gasteiger partial charge on any atom is -0.456 e. The van der Waals surface area contributed by atoms with Gasteiger partial charge in [-0.05, 0) is 43.3 Å². The number of nitrogens with zero attached hydrogens (tertiary/aromatic N) is 3. The Kier molecular flexibility index (Phi) is 4.93. The number of rotatable bonds is 5. The van der Waals surface area contributed by atoms with Gasteiger partial charge in [0.2, 0.25) is 0 Å². The molecule has 0 saturated heterocycles. The van der Waals surface area contributed by atoms with Gasteiger partial charge in [-0.3, -0.25) is 9.78 Å². The number of carbonyl (C=O) groups excluding carboxylic acids is 1. The summed E-state index contributed by atoms with van der Waals surface area (Å²) in [6, 6.07) is 16.8. The lowest BCUT2D eigenvalue weighted by Crippen LogP contribution is -2.24. The molecule has 1 N–H and O–H groups in total. The zero-order valence-electron chi connectivity index (χ0n) is 15.3. The molecule has 0 spiro atoms. The molecule has 2 heterocycles. The third kappa shape index (κ3) is 3.66. The quantitative estimate of drug-likeness (QED) is 0.573. The van der Waals surface area contributed by atoms with E-state index in [1.165, 1.54) is 0 Å². The largest absolute Gasteiger partial charge is 0.456 e. The topological polar surface area (TPSA) is 77.0 Å². The van der Waals surface area contributed by atoms with Crippen LogP contribution in [0.25, 0.3) is 10.9 Å². The molecule has 138 valence electrons. The number of ether oxygens (including phenoxy) is 1. The average Bonchev–Trinajstić information content (AvgIpc) is 2.74. The molecular weight excluding hydrogens is 352 g/mol. The SMILES string of the molecule is Cc1c(Oc2ccnc3ccccc23)cccc1C(=O)NCc1ncccn1. The number of pyridine rings is 1. The van der Waals surface area contributed by atoms with Crippen LogP contribution in [0.15, 0.2) is 73.2 Å². The number of aromatic nitrogens is 3. The van der Waals surface area contributed by atoms with Gasteiger partial charge in [-0.15, -0.1) is 0 Å². The normalized spacial score (nSPS) is 10.6. The fourth-order valence-corrected chi connectivity index (χ4v) is 2.92. The Morgan fingerprint density at radius 3 is 2.57 bits per heavy atom. The van der Waals surface area contributed by atoms with Gasteiger partial charge in [0.15, 0.2) is 0 Å². The van der Waals surface area contributed by atoms with Crippen molar-refractivity contribution in [3.63, 3.8) is 0 Å². The van der Waals surface area contributed by atoms with Gasteiger partial charge in [0, 0.05) is 35.1 Å². The standard InChI is InChI=1S/C22H18N4O2/c1-15-16(22(27)26-14-21-24-11-5-12-25-21)7-4-9-19(15)28-20-10-13-23-18-8-3-2-6-17(18)20/h2-13H,14H2,1H3,(H,26,27). The first-order valence-electron chi connectivity index (χ1n) is 8.87. The monoisotopic (exact) mass is 370 g/mol. The summed E-state index contributed by atoms with van der Waals surface area (Å²) in [5.41, 5.74) is 2.16. The first kappa shape index (κ1) is 17.6. The minimum atomic E-state index is -0.199. The lowest BCUT2D eigenvalue weighted by molar-refractivity contribution is 0.0949. The fraction of sp³-hybridized carbons (Fsp3) is 0.0909. The van der Waals surface area contributed by atoms with Crippen LogP contribution in [0.5, 0.6) is 11.5 Å². The van der Waals surface area contributed by atoms with Crippen molar-refractivity contribution >= 4 is 16.8 Å². The predicted molar refractivity (Wildman–Crippen MR) is 106 cm³/mol. The van der Waals surface area contributed by atoms with Crippen LogP contribution in [0.1, 0.15) is 21.7 Å². The molecule has 0 aliphatic rings. The smallest absolute Gasteiger partial charge is 0.252 e. The van der Waals surface area contributed by atoms with Crippen molar-refractivity contribution in [3.05, 3.63) is 90.1 Å². The lowest BCUT2D eigenvalue weighted by atomic mass is 10.1. The van der Waals surface area contributed by atoms with E-state index in [2.05, 4.69) is 20.3 Å². The lowest BCUT2D eigenvalue weighted by Gasteiger charge is -2.13. The van der Waals surface area contributed by atoms with Crippen LogP contribution in [-0.2, 0) is 6.54 Å². The molecule has 28 heavy (non-hydrogen) atoms. The van der Waals surface area contributed by atoms with Crippen molar-refractivity contribution in [1.82, 2.24) is 20.3 Å². The van der Waals surface area contributed by atoms with Crippen LogP contribution in [0.2, 0.25) is 0 Å². The minimum absolute atomic E-state index is 0.199. The summed E-state index contributed by atoms with van der Waals surface area (Å²) in [5.74, 6) is 1.68. The second-order valence-electron chi connectivity index (χ2n) is 6.20. The number of carbonyl (C=O) groups is 1. The Morgan fingerprint density at radius 1 is 0.893 bits per heavy atom. The Morgan fingerprint density at radius 2 is 1.71 bits per heavy atom. The van der Waals surface area contributed by atoms with E-state index in [1.807, 2.05) is 43.3 Å². The van der Waals surface area contributed by atoms with Crippen molar-refractivity contribution in [2.24, 2.45) is 0 Å². The molecule has 0 bridgehead atoms. The van der Waals surface area contributed by atoms with Crippen LogP contribution in [0, 0.1) is 6.92 Å². The molecule has 0 saturated carbocycles. The molecule has 0 fully saturated rings. The van der Waals surface area contributed by atoms with Crippen molar-refractivity contribution in [3.8, 4) is 11.5 Å². The summed E-state index contributed by atoms with van der Waals surface area (Å²) in [4.78, 5) is 25.2. The maximum absolute atomic E-state index is 12.6. The third-order valence-corrected chi connectivity index (χ3v) is 4.38. The number of benzene rings is 2. The summed E-state index contributed by atoms with van der Waals surface area (Å²) in [7, 11) is 0. The molecule has 1 amide bonds. The van der Waals surface area contributed by atoms with Crippen LogP contribution >= 0.6 is 0 Å². The highest BCUT2D eigenvalue weighted by Gasteiger charge is 2.14. The van der Waals surface area contributed by atoms with Gasteiger partial charge in [-0.1, -0.05) is 18.2 Å². The predicted octanol–water partition coefficient (Wildman–Crippen LogP) is 4.06. The van der Waals surface area contributed by atoms with Crippen LogP contribution < -0.4 is 10.1 Å². The number of hydrogen-bond donors (Lipinski definition) is 1. The maximum Gasteiger partial charge on any atom is 0.252 e. The van der Waals surface area contributed by atoms with Gasteiger partial charge in [0.1, 0.15) is 17.3 Å². The van der Waals surface area contributed by atoms with E-state index in [4.69, 9.17) is 4.74 Å². The first-order valence-corrected chi connectivity index (χ1v) is 8.87. The van der Waals surface area contributed by atoms with Crippen molar-refractivity contribution in [2.75, 3.05) is 0 Å². The van der Waals surface area contributed by atoms with E-state index in [-0.39, 0.29) is 12.5 Å². The zero-order chi connectivity index (χ0) is 19.3. The number of amides is 1. The molecule has 2 aromatic carbocycles. The fourth-order valence-electron chi connectivity index (χ4n) is 2.92. The van der Waals surface area contributed by atoms with Gasteiger partial charge in [0.25, 0.3) is 5.91 Å². The molecule has 6 nitrogen and oxygen atoms in total. The summed E-state index contributed by atoms with van der Waals surface area (Å²) in [5, 5.41) is 3.76. The molecule has 0 unspecified atom stereocenters. The van der Waals surface area contributed by atoms with Gasteiger partial charge in [-0.2, -0.15) is 0 Å². The zero-order valence-corrected chi connectivity index (χ0v) is 15.3. The highest BCUT2D eigenvalue weighted by Crippen LogP contribution is 2.31. The van der Waals surface area contributed by atoms with E-state index >= 15 is 0 Å². The Labute approximate surface area is 162 Å². The van der Waals surface area contributed by atoms with Crippen LogP contribution in [0.4, 0.5) is 0 Å². The van der Waals surface area contributed by atoms with Gasteiger partial charge < -0.3 is 10.1 Å². The Hall–Kier alpha value is -3.80. The van der Waals surface area contributed by atoms with E-state index in [1.54, 1.807) is 36.8 Å². The van der Waals surface area contributed by atoms with E-state index in [0.717, 1.165) is 16.5 Å². The first-order chi connectivity index (χ1) is 13.7. The third-order valence-electron chi connectivity index (χ3n) is 4.38. The highest BCUT2D eigenvalue weighted by molar-refractivity contribution is 5.96. The number of nitrogens with one attached hydrogen (secondary N) is 1. The number of para-hydroxylation sites is 1. The summed E-state index contributed by atoms with van der Waals surface area (Å²) in [6.45, 7) is 2.13. The van der Waals surface area contributed by atoms with Gasteiger partial charge in [0.05, 0.1) is 12.1 Å². The molecule has 4 aromatic rings. The molecule has 6 heteroatoms. The number of hydrogen-bond acceptors (Lipinski definition) is 5. The molecule has 4 rings (SSSR count). The van der Waals surface area contributed by atoms with Gasteiger partial charge >= 0.3 is 0 Å². The second kappa shape index (κ2) is 7.84. The summed E-state index contributed by atoms with van der Waals surface area (Å²) in [6.07, 6.45) is 5.00. The van der Waals surface area contributed by atoms with Crippen LogP contribution in [0.3, 0.4) is 0 Å². The second-order valence-corrected chi connectivity index (χ2v) is 6.20. The molecule has 0 aliphatic heterocycles. The van der Waals surface area contributed by atoms with Crippen molar-refractivity contribution < 1.29 is 9.53 Å². The highest BCUT2D eigenvalue weighted by atomic mass is 16.5. The van der Waals surface area contributed by atoms with Crippen molar-refractivity contribution in [2.45, 2.75) is 13.5 Å². The molecular formula is C22H18N4O2. The van der Waals surface area contributed by atoms with E-state index < -0.39 is 0 Å². The Bertz CT molecular complexity index is 1120. The Balaban J connectivity index is 1.57. The number of fused-ring (bicyclic) bond motifs is 1. The average molecular weight is 370 g/mol. The molecule has 0 aliphatic carbocycles. The van der Waals surface area contributed by atoms with Crippen LogP contribution in [-0.4, -0.2) is 20.9 Å². The molecule has 0 atom stereocenters. The van der Waals surface area contributed by atoms with E-state index in [0.29, 0.717) is 22.9 Å². The summed E-state index contributed by atoms with van der Waals surface area (Å²) >= 11 is 0. The molecule has 2 aromatic heterocycles. The molecule has 0 radical (unpaired) electrons.